The number of anilines is 1. The Balaban J connectivity index is 1.51. The van der Waals surface area contributed by atoms with E-state index in [1.807, 2.05) is 56.9 Å². The minimum atomic E-state index is -4.37. The summed E-state index contributed by atoms with van der Waals surface area (Å²) in [7, 11) is 0. The molecule has 0 aliphatic carbocycles. The lowest BCUT2D eigenvalue weighted by Crippen LogP contribution is -2.44. The highest BCUT2D eigenvalue weighted by molar-refractivity contribution is 5.79. The molecule has 2 aliphatic rings. The molecule has 0 radical (unpaired) electrons. The minimum Gasteiger partial charge on any atom is -0.367 e. The third-order valence-corrected chi connectivity index (χ3v) is 6.82. The molecule has 0 unspecified atom stereocenters. The number of aromatic nitrogens is 2. The highest BCUT2D eigenvalue weighted by Crippen LogP contribution is 2.44. The van der Waals surface area contributed by atoms with E-state index in [9.17, 15) is 18.0 Å². The van der Waals surface area contributed by atoms with E-state index in [0.717, 1.165) is 15.8 Å². The van der Waals surface area contributed by atoms with Gasteiger partial charge in [0.15, 0.2) is 6.04 Å². The van der Waals surface area contributed by atoms with Crippen LogP contribution in [0.5, 0.6) is 0 Å². The first-order valence-electron chi connectivity index (χ1n) is 11.2. The van der Waals surface area contributed by atoms with Crippen molar-refractivity contribution in [3.05, 3.63) is 47.2 Å². The molecule has 1 amide bonds. The molecule has 1 N–H and O–H groups in total. The molecule has 1 aromatic carbocycles. The Bertz CT molecular complexity index is 992. The summed E-state index contributed by atoms with van der Waals surface area (Å²) in [5.74, 6) is 0.403. The lowest BCUT2D eigenvalue weighted by molar-refractivity contribution is -0.175. The number of benzene rings is 1. The zero-order valence-corrected chi connectivity index (χ0v) is 19.0. The number of halogens is 3. The van der Waals surface area contributed by atoms with Crippen molar-refractivity contribution in [2.45, 2.75) is 71.1 Å². The average molecular weight is 449 g/mol. The molecule has 0 spiro atoms. The largest absolute Gasteiger partial charge is 0.410 e. The Hall–Kier alpha value is -2.51. The number of fused-ring (bicyclic) bond motifs is 1. The maximum absolute atomic E-state index is 13.8. The fraction of sp³-hybridized carbons (Fsp3) is 0.583. The quantitative estimate of drug-likeness (QED) is 0.712. The van der Waals surface area contributed by atoms with Gasteiger partial charge in [-0.15, -0.1) is 0 Å². The molecule has 8 heteroatoms. The topological polar surface area (TPSA) is 50.2 Å². The molecular weight excluding hydrogens is 417 g/mol. The Morgan fingerprint density at radius 3 is 2.59 bits per heavy atom. The van der Waals surface area contributed by atoms with Gasteiger partial charge >= 0.3 is 6.18 Å². The summed E-state index contributed by atoms with van der Waals surface area (Å²) < 4.78 is 42.6. The Kier molecular flexibility index (Phi) is 5.75. The summed E-state index contributed by atoms with van der Waals surface area (Å²) in [5.41, 5.74) is 2.40. The maximum Gasteiger partial charge on any atom is 0.410 e. The summed E-state index contributed by atoms with van der Waals surface area (Å²) >= 11 is 0. The lowest BCUT2D eigenvalue weighted by Gasteiger charge is -2.39. The lowest BCUT2D eigenvalue weighted by atomic mass is 9.82. The van der Waals surface area contributed by atoms with Crippen LogP contribution in [0.15, 0.2) is 30.3 Å². The van der Waals surface area contributed by atoms with Gasteiger partial charge in [0.2, 0.25) is 5.91 Å². The fourth-order valence-electron chi connectivity index (χ4n) is 4.67. The Labute approximate surface area is 187 Å². The molecule has 0 saturated carbocycles. The number of aryl methyl sites for hydroxylation is 1. The van der Waals surface area contributed by atoms with Crippen molar-refractivity contribution in [1.82, 2.24) is 14.7 Å². The van der Waals surface area contributed by atoms with Gasteiger partial charge in [0.05, 0.1) is 12.1 Å². The van der Waals surface area contributed by atoms with Gasteiger partial charge in [-0.25, -0.2) is 4.68 Å². The van der Waals surface area contributed by atoms with Gasteiger partial charge in [-0.3, -0.25) is 4.79 Å². The van der Waals surface area contributed by atoms with Crippen molar-refractivity contribution >= 4 is 11.7 Å². The number of rotatable bonds is 3. The first-order valence-corrected chi connectivity index (χ1v) is 11.2. The van der Waals surface area contributed by atoms with Crippen molar-refractivity contribution < 1.29 is 18.0 Å². The van der Waals surface area contributed by atoms with Crippen molar-refractivity contribution in [3.63, 3.8) is 0 Å². The monoisotopic (exact) mass is 448 g/mol. The van der Waals surface area contributed by atoms with Crippen molar-refractivity contribution in [2.24, 2.45) is 5.41 Å². The summed E-state index contributed by atoms with van der Waals surface area (Å²) in [6.45, 7) is 8.90. The molecule has 0 bridgehead atoms. The van der Waals surface area contributed by atoms with Gasteiger partial charge in [-0.05, 0) is 36.3 Å². The van der Waals surface area contributed by atoms with E-state index in [1.165, 1.54) is 0 Å². The third-order valence-electron chi connectivity index (χ3n) is 6.82. The number of hydrogen-bond acceptors (Lipinski definition) is 3. The molecule has 2 aromatic rings. The van der Waals surface area contributed by atoms with Crippen LogP contribution in [0.25, 0.3) is 0 Å². The third kappa shape index (κ3) is 4.50. The number of nitrogens with zero attached hydrogens (tertiary/aromatic N) is 3. The van der Waals surface area contributed by atoms with E-state index in [4.69, 9.17) is 0 Å². The van der Waals surface area contributed by atoms with Gasteiger partial charge in [-0.2, -0.15) is 18.3 Å². The second kappa shape index (κ2) is 8.12. The van der Waals surface area contributed by atoms with E-state index in [0.29, 0.717) is 37.4 Å². The van der Waals surface area contributed by atoms with E-state index in [-0.39, 0.29) is 29.7 Å². The van der Waals surface area contributed by atoms with Crippen LogP contribution in [-0.4, -0.2) is 45.9 Å². The second-order valence-electron chi connectivity index (χ2n) is 10.2. The number of carbonyl (C=O) groups is 1. The number of amides is 1. The maximum atomic E-state index is 13.8. The van der Waals surface area contributed by atoms with E-state index < -0.39 is 12.2 Å². The SMILES string of the molecule is Cc1ccccc1CC(=O)N1CC[C@H](c2cc3n(n2)[C@H](C(F)(F)F)C[C@@H](C(C)(C)C)N3)C1. The predicted molar refractivity (Wildman–Crippen MR) is 118 cm³/mol. The normalized spacial score (nSPS) is 23.7. The molecule has 1 aromatic heterocycles. The van der Waals surface area contributed by atoms with Gasteiger partial charge in [0, 0.05) is 31.1 Å². The standard InChI is InChI=1S/C24H31F3N4O/c1-15-7-5-6-8-16(15)11-22(32)30-10-9-17(14-30)18-12-21-28-19(23(2,3)4)13-20(24(25,26)27)31(21)29-18/h5-8,12,17,19-20,28H,9-11,13-14H2,1-4H3/t17-,19-,20-/m0/s1. The van der Waals surface area contributed by atoms with Crippen LogP contribution in [0.1, 0.15) is 62.4 Å². The van der Waals surface area contributed by atoms with Crippen LogP contribution in [0.3, 0.4) is 0 Å². The van der Waals surface area contributed by atoms with Gasteiger partial charge in [0.25, 0.3) is 0 Å². The van der Waals surface area contributed by atoms with Crippen LogP contribution in [0, 0.1) is 12.3 Å². The molecule has 3 atom stereocenters. The summed E-state index contributed by atoms with van der Waals surface area (Å²) in [6, 6.07) is 7.61. The van der Waals surface area contributed by atoms with Crippen LogP contribution < -0.4 is 5.32 Å². The minimum absolute atomic E-state index is 0.0462. The molecule has 1 fully saturated rings. The summed E-state index contributed by atoms with van der Waals surface area (Å²) in [4.78, 5) is 14.6. The molecule has 1 saturated heterocycles. The highest BCUT2D eigenvalue weighted by Gasteiger charge is 2.48. The first-order chi connectivity index (χ1) is 14.9. The van der Waals surface area contributed by atoms with Crippen LogP contribution in [0.2, 0.25) is 0 Å². The first kappa shape index (κ1) is 22.7. The number of carbonyl (C=O) groups excluding carboxylic acids is 1. The number of alkyl halides is 3. The highest BCUT2D eigenvalue weighted by atomic mass is 19.4. The Morgan fingerprint density at radius 2 is 1.94 bits per heavy atom. The van der Waals surface area contributed by atoms with Crippen LogP contribution in [0.4, 0.5) is 19.0 Å². The molecule has 2 aliphatic heterocycles. The zero-order chi connectivity index (χ0) is 23.3. The predicted octanol–water partition coefficient (Wildman–Crippen LogP) is 5.08. The van der Waals surface area contributed by atoms with Gasteiger partial charge in [0.1, 0.15) is 5.82 Å². The molecule has 3 heterocycles. The fourth-order valence-corrected chi connectivity index (χ4v) is 4.67. The van der Waals surface area contributed by atoms with Crippen LogP contribution >= 0.6 is 0 Å². The summed E-state index contributed by atoms with van der Waals surface area (Å²) in [6.07, 6.45) is -3.37. The molecule has 5 nitrogen and oxygen atoms in total. The van der Waals surface area contributed by atoms with Crippen molar-refractivity contribution in [1.29, 1.82) is 0 Å². The van der Waals surface area contributed by atoms with Gasteiger partial charge < -0.3 is 10.2 Å². The van der Waals surface area contributed by atoms with E-state index in [2.05, 4.69) is 10.4 Å². The summed E-state index contributed by atoms with van der Waals surface area (Å²) in [5, 5.41) is 7.66. The molecular formula is C24H31F3N4O. The molecule has 174 valence electrons. The van der Waals surface area contributed by atoms with E-state index in [1.54, 1.807) is 6.07 Å². The number of hydrogen-bond donors (Lipinski definition) is 1. The Morgan fingerprint density at radius 1 is 1.22 bits per heavy atom. The van der Waals surface area contributed by atoms with Crippen LogP contribution in [-0.2, 0) is 11.2 Å². The smallest absolute Gasteiger partial charge is 0.367 e. The number of nitrogens with one attached hydrogen (secondary N) is 1. The van der Waals surface area contributed by atoms with E-state index >= 15 is 0 Å². The van der Waals surface area contributed by atoms with Crippen molar-refractivity contribution in [3.8, 4) is 0 Å². The average Bonchev–Trinajstić information content (AvgIpc) is 3.34. The second-order valence-corrected chi connectivity index (χ2v) is 10.2. The molecule has 4 rings (SSSR count). The van der Waals surface area contributed by atoms with Crippen molar-refractivity contribution in [2.75, 3.05) is 18.4 Å². The van der Waals surface area contributed by atoms with Gasteiger partial charge in [-0.1, -0.05) is 45.0 Å². The zero-order valence-electron chi connectivity index (χ0n) is 19.0. The number of likely N-dealkylation sites (tertiary alicyclic amines) is 1. The molecule has 32 heavy (non-hydrogen) atoms.